The minimum absolute atomic E-state index is 0.0382. The Labute approximate surface area is 116 Å². The SMILES string of the molecule is Cc1ccc(C(C)C)cc1OC(=O)C1CCCCC1. The fourth-order valence-corrected chi connectivity index (χ4v) is 2.62. The van der Waals surface area contributed by atoms with Crippen molar-refractivity contribution >= 4 is 5.97 Å². The van der Waals surface area contributed by atoms with E-state index in [9.17, 15) is 4.79 Å². The summed E-state index contributed by atoms with van der Waals surface area (Å²) in [6, 6.07) is 6.16. The number of benzene rings is 1. The molecule has 1 aliphatic rings. The highest BCUT2D eigenvalue weighted by atomic mass is 16.5. The number of carbonyl (C=O) groups excluding carboxylic acids is 1. The second-order valence-corrected chi connectivity index (χ2v) is 5.94. The molecule has 0 atom stereocenters. The molecule has 2 heteroatoms. The molecule has 0 bridgehead atoms. The Hall–Kier alpha value is -1.31. The summed E-state index contributed by atoms with van der Waals surface area (Å²) in [7, 11) is 0. The van der Waals surface area contributed by atoms with Crippen LogP contribution in [0.4, 0.5) is 0 Å². The Morgan fingerprint density at radius 3 is 2.53 bits per heavy atom. The molecule has 1 aromatic rings. The first kappa shape index (κ1) is 14.1. The van der Waals surface area contributed by atoms with Gasteiger partial charge in [-0.1, -0.05) is 45.2 Å². The van der Waals surface area contributed by atoms with Crippen molar-refractivity contribution in [2.75, 3.05) is 0 Å². The minimum Gasteiger partial charge on any atom is -0.426 e. The quantitative estimate of drug-likeness (QED) is 0.586. The second-order valence-electron chi connectivity index (χ2n) is 5.94. The zero-order valence-corrected chi connectivity index (χ0v) is 12.2. The molecule has 0 aromatic heterocycles. The summed E-state index contributed by atoms with van der Waals surface area (Å²) in [5.74, 6) is 1.26. The van der Waals surface area contributed by atoms with Crippen LogP contribution < -0.4 is 4.74 Å². The number of rotatable bonds is 3. The number of esters is 1. The van der Waals surface area contributed by atoms with Crippen LogP contribution >= 0.6 is 0 Å². The second kappa shape index (κ2) is 6.23. The van der Waals surface area contributed by atoms with E-state index in [0.29, 0.717) is 5.92 Å². The number of carbonyl (C=O) groups is 1. The van der Waals surface area contributed by atoms with Gasteiger partial charge in [0.25, 0.3) is 0 Å². The van der Waals surface area contributed by atoms with Gasteiger partial charge in [-0.3, -0.25) is 4.79 Å². The van der Waals surface area contributed by atoms with Crippen molar-refractivity contribution < 1.29 is 9.53 Å². The van der Waals surface area contributed by atoms with Gasteiger partial charge in [0.2, 0.25) is 0 Å². The van der Waals surface area contributed by atoms with E-state index >= 15 is 0 Å². The molecule has 0 N–H and O–H groups in total. The van der Waals surface area contributed by atoms with Crippen LogP contribution in [0.15, 0.2) is 18.2 Å². The van der Waals surface area contributed by atoms with Gasteiger partial charge in [-0.25, -0.2) is 0 Å². The summed E-state index contributed by atoms with van der Waals surface area (Å²) >= 11 is 0. The molecule has 104 valence electrons. The van der Waals surface area contributed by atoms with Gasteiger partial charge in [0.1, 0.15) is 5.75 Å². The maximum atomic E-state index is 12.2. The average Bonchev–Trinajstić information content (AvgIpc) is 2.42. The number of hydrogen-bond acceptors (Lipinski definition) is 2. The lowest BCUT2D eigenvalue weighted by Crippen LogP contribution is -2.23. The molecule has 0 saturated heterocycles. The summed E-state index contributed by atoms with van der Waals surface area (Å²) in [5.41, 5.74) is 2.26. The first-order valence-corrected chi connectivity index (χ1v) is 7.40. The van der Waals surface area contributed by atoms with E-state index in [4.69, 9.17) is 4.74 Å². The first-order chi connectivity index (χ1) is 9.08. The Balaban J connectivity index is 2.09. The molecule has 1 fully saturated rings. The third-order valence-corrected chi connectivity index (χ3v) is 4.03. The van der Waals surface area contributed by atoms with E-state index in [1.165, 1.54) is 12.0 Å². The van der Waals surface area contributed by atoms with E-state index in [-0.39, 0.29) is 11.9 Å². The first-order valence-electron chi connectivity index (χ1n) is 7.40. The summed E-state index contributed by atoms with van der Waals surface area (Å²) in [5, 5.41) is 0. The maximum absolute atomic E-state index is 12.2. The zero-order chi connectivity index (χ0) is 13.8. The van der Waals surface area contributed by atoms with Gasteiger partial charge < -0.3 is 4.74 Å². The molecule has 19 heavy (non-hydrogen) atoms. The average molecular weight is 260 g/mol. The van der Waals surface area contributed by atoms with Crippen LogP contribution in [-0.2, 0) is 4.79 Å². The van der Waals surface area contributed by atoms with Gasteiger partial charge in [-0.05, 0) is 42.9 Å². The lowest BCUT2D eigenvalue weighted by atomic mass is 9.89. The summed E-state index contributed by atoms with van der Waals surface area (Å²) in [6.45, 7) is 6.29. The van der Waals surface area contributed by atoms with Crippen molar-refractivity contribution in [3.63, 3.8) is 0 Å². The van der Waals surface area contributed by atoms with Gasteiger partial charge >= 0.3 is 5.97 Å². The predicted octanol–water partition coefficient (Wildman–Crippen LogP) is 4.60. The largest absolute Gasteiger partial charge is 0.426 e. The van der Waals surface area contributed by atoms with Crippen LogP contribution in [0.1, 0.15) is 63.0 Å². The van der Waals surface area contributed by atoms with Crippen LogP contribution in [0.2, 0.25) is 0 Å². The van der Waals surface area contributed by atoms with Crippen LogP contribution in [0, 0.1) is 12.8 Å². The van der Waals surface area contributed by atoms with Crippen LogP contribution in [-0.4, -0.2) is 5.97 Å². The molecule has 0 radical (unpaired) electrons. The lowest BCUT2D eigenvalue weighted by Gasteiger charge is -2.20. The zero-order valence-electron chi connectivity index (χ0n) is 12.2. The van der Waals surface area contributed by atoms with Crippen molar-refractivity contribution in [2.45, 2.75) is 58.8 Å². The molecule has 1 saturated carbocycles. The Morgan fingerprint density at radius 2 is 1.89 bits per heavy atom. The third-order valence-electron chi connectivity index (χ3n) is 4.03. The third kappa shape index (κ3) is 3.59. The van der Waals surface area contributed by atoms with E-state index in [2.05, 4.69) is 19.9 Å². The van der Waals surface area contributed by atoms with E-state index in [1.54, 1.807) is 0 Å². The van der Waals surface area contributed by atoms with Crippen molar-refractivity contribution in [3.8, 4) is 5.75 Å². The molecule has 0 amide bonds. The van der Waals surface area contributed by atoms with Gasteiger partial charge in [0.05, 0.1) is 5.92 Å². The maximum Gasteiger partial charge on any atom is 0.314 e. The molecule has 0 spiro atoms. The van der Waals surface area contributed by atoms with E-state index in [1.807, 2.05) is 19.1 Å². The Bertz CT molecular complexity index is 443. The highest BCUT2D eigenvalue weighted by Gasteiger charge is 2.23. The van der Waals surface area contributed by atoms with Gasteiger partial charge in [0.15, 0.2) is 0 Å². The number of hydrogen-bond donors (Lipinski definition) is 0. The van der Waals surface area contributed by atoms with Gasteiger partial charge in [0, 0.05) is 0 Å². The number of aryl methyl sites for hydroxylation is 1. The topological polar surface area (TPSA) is 26.3 Å². The molecule has 2 nitrogen and oxygen atoms in total. The van der Waals surface area contributed by atoms with Crippen LogP contribution in [0.5, 0.6) is 5.75 Å². The van der Waals surface area contributed by atoms with Crippen LogP contribution in [0.25, 0.3) is 0 Å². The number of ether oxygens (including phenoxy) is 1. The fraction of sp³-hybridized carbons (Fsp3) is 0.588. The molecule has 0 heterocycles. The normalized spacial score (nSPS) is 16.6. The summed E-state index contributed by atoms with van der Waals surface area (Å²) < 4.78 is 5.64. The lowest BCUT2D eigenvalue weighted by molar-refractivity contribution is -0.140. The summed E-state index contributed by atoms with van der Waals surface area (Å²) in [4.78, 5) is 12.2. The van der Waals surface area contributed by atoms with Crippen molar-refractivity contribution in [3.05, 3.63) is 29.3 Å². The molecule has 0 unspecified atom stereocenters. The van der Waals surface area contributed by atoms with Crippen molar-refractivity contribution in [1.82, 2.24) is 0 Å². The minimum atomic E-state index is -0.0382. The molecule has 1 aromatic carbocycles. The highest BCUT2D eigenvalue weighted by molar-refractivity contribution is 5.75. The molecular weight excluding hydrogens is 236 g/mol. The monoisotopic (exact) mass is 260 g/mol. The molecular formula is C17H24O2. The molecule has 0 aliphatic heterocycles. The smallest absolute Gasteiger partial charge is 0.314 e. The van der Waals surface area contributed by atoms with Crippen LogP contribution in [0.3, 0.4) is 0 Å². The van der Waals surface area contributed by atoms with Crippen molar-refractivity contribution in [2.24, 2.45) is 5.92 Å². The Kier molecular flexibility index (Phi) is 4.62. The fourth-order valence-electron chi connectivity index (χ4n) is 2.62. The predicted molar refractivity (Wildman–Crippen MR) is 77.5 cm³/mol. The van der Waals surface area contributed by atoms with Crippen molar-refractivity contribution in [1.29, 1.82) is 0 Å². The van der Waals surface area contributed by atoms with Gasteiger partial charge in [-0.2, -0.15) is 0 Å². The molecule has 2 rings (SSSR count). The molecule has 1 aliphatic carbocycles. The van der Waals surface area contributed by atoms with E-state index < -0.39 is 0 Å². The standard InChI is InChI=1S/C17H24O2/c1-12(2)15-10-9-13(3)16(11-15)19-17(18)14-7-5-4-6-8-14/h9-12,14H,4-8H2,1-3H3. The van der Waals surface area contributed by atoms with Gasteiger partial charge in [-0.15, -0.1) is 0 Å². The highest BCUT2D eigenvalue weighted by Crippen LogP contribution is 2.28. The van der Waals surface area contributed by atoms with E-state index in [0.717, 1.165) is 37.0 Å². The summed E-state index contributed by atoms with van der Waals surface area (Å²) in [6.07, 6.45) is 5.55. The Morgan fingerprint density at radius 1 is 1.21 bits per heavy atom.